The van der Waals surface area contributed by atoms with E-state index in [-0.39, 0.29) is 5.97 Å². The van der Waals surface area contributed by atoms with Gasteiger partial charge in [0, 0.05) is 42.3 Å². The number of nitrogens with zero attached hydrogens (tertiary/aromatic N) is 1. The molecule has 1 aliphatic rings. The van der Waals surface area contributed by atoms with Gasteiger partial charge in [0.2, 0.25) is 0 Å². The number of benzene rings is 2. The van der Waals surface area contributed by atoms with Crippen LogP contribution < -0.4 is 0 Å². The number of aromatic nitrogens is 1. The molecule has 0 unspecified atom stereocenters. The van der Waals surface area contributed by atoms with E-state index in [9.17, 15) is 4.79 Å². The van der Waals surface area contributed by atoms with Crippen molar-refractivity contribution in [3.05, 3.63) is 76.5 Å². The summed E-state index contributed by atoms with van der Waals surface area (Å²) in [5, 5.41) is 1.34. The molecule has 0 spiro atoms. The summed E-state index contributed by atoms with van der Waals surface area (Å²) in [4.78, 5) is 17.4. The zero-order valence-corrected chi connectivity index (χ0v) is 16.5. The molecule has 4 nitrogen and oxygen atoms in total. The number of methoxy groups -OCH3 is 1. The Balaban J connectivity index is 1.45. The van der Waals surface area contributed by atoms with E-state index in [1.165, 1.54) is 46.5 Å². The molecule has 1 aromatic heterocycles. The molecule has 0 aliphatic carbocycles. The molecule has 1 N–H and O–H groups in total. The maximum atomic E-state index is 11.3. The zero-order chi connectivity index (χ0) is 19.5. The molecule has 0 radical (unpaired) electrons. The first-order chi connectivity index (χ1) is 13.6. The van der Waals surface area contributed by atoms with Gasteiger partial charge >= 0.3 is 5.97 Å². The minimum Gasteiger partial charge on any atom is -0.466 e. The van der Waals surface area contributed by atoms with Gasteiger partial charge in [-0.15, -0.1) is 0 Å². The minimum absolute atomic E-state index is 0.326. The third kappa shape index (κ3) is 3.87. The van der Waals surface area contributed by atoms with Crippen LogP contribution in [0.3, 0.4) is 0 Å². The second-order valence-corrected chi connectivity index (χ2v) is 7.43. The highest BCUT2D eigenvalue weighted by Crippen LogP contribution is 2.25. The maximum Gasteiger partial charge on any atom is 0.330 e. The Morgan fingerprint density at radius 1 is 1.21 bits per heavy atom. The number of nitrogens with one attached hydrogen (secondary N) is 1. The first-order valence-electron chi connectivity index (χ1n) is 9.80. The molecule has 0 fully saturated rings. The molecule has 4 heteroatoms. The third-order valence-corrected chi connectivity index (χ3v) is 5.64. The Hall–Kier alpha value is -2.85. The Bertz CT molecular complexity index is 1030. The van der Waals surface area contributed by atoms with Crippen molar-refractivity contribution in [2.24, 2.45) is 0 Å². The van der Waals surface area contributed by atoms with Gasteiger partial charge < -0.3 is 9.72 Å². The zero-order valence-electron chi connectivity index (χ0n) is 16.5. The Morgan fingerprint density at radius 2 is 2.07 bits per heavy atom. The van der Waals surface area contributed by atoms with Gasteiger partial charge in [-0.2, -0.15) is 0 Å². The topological polar surface area (TPSA) is 45.3 Å². The molecular formula is C24H26N2O2. The average Bonchev–Trinajstić information content (AvgIpc) is 3.05. The van der Waals surface area contributed by atoms with Crippen molar-refractivity contribution in [2.75, 3.05) is 20.2 Å². The van der Waals surface area contributed by atoms with Crippen LogP contribution in [0, 0.1) is 6.92 Å². The highest BCUT2D eigenvalue weighted by Gasteiger charge is 2.17. The maximum absolute atomic E-state index is 11.3. The normalized spacial score (nSPS) is 14.5. The van der Waals surface area contributed by atoms with Crippen LogP contribution in [0.1, 0.15) is 27.9 Å². The SMILES string of the molecule is COC(=O)C=Cc1ccc2c(c1)CN(CCc1c(C)[nH]c3ccccc13)CC2. The van der Waals surface area contributed by atoms with Gasteiger partial charge in [0.25, 0.3) is 0 Å². The van der Waals surface area contributed by atoms with Crippen molar-refractivity contribution in [3.8, 4) is 0 Å². The molecule has 0 bridgehead atoms. The van der Waals surface area contributed by atoms with Gasteiger partial charge in [0.05, 0.1) is 7.11 Å². The number of esters is 1. The van der Waals surface area contributed by atoms with Crippen molar-refractivity contribution >= 4 is 22.9 Å². The van der Waals surface area contributed by atoms with Crippen LogP contribution in [-0.4, -0.2) is 36.1 Å². The lowest BCUT2D eigenvalue weighted by Gasteiger charge is -2.29. The van der Waals surface area contributed by atoms with E-state index in [1.54, 1.807) is 0 Å². The Labute approximate surface area is 165 Å². The molecule has 4 rings (SSSR count). The highest BCUT2D eigenvalue weighted by molar-refractivity contribution is 5.87. The van der Waals surface area contributed by atoms with Gasteiger partial charge in [0.1, 0.15) is 0 Å². The quantitative estimate of drug-likeness (QED) is 0.536. The summed E-state index contributed by atoms with van der Waals surface area (Å²) >= 11 is 0. The van der Waals surface area contributed by atoms with E-state index in [0.717, 1.165) is 38.0 Å². The Kier molecular flexibility index (Phi) is 5.31. The molecule has 0 saturated heterocycles. The standard InChI is InChI=1S/C24H26N2O2/c1-17-21(22-5-3-4-6-23(22)25-17)12-14-26-13-11-19-9-7-18(15-20(19)16-26)8-10-24(27)28-2/h3-10,15,25H,11-14,16H2,1-2H3. The number of aryl methyl sites for hydroxylation is 1. The van der Waals surface area contributed by atoms with Gasteiger partial charge in [-0.25, -0.2) is 4.79 Å². The number of carbonyl (C=O) groups excluding carboxylic acids is 1. The first kappa shape index (κ1) is 18.5. The fraction of sp³-hybridized carbons (Fsp3) is 0.292. The smallest absolute Gasteiger partial charge is 0.330 e. The summed E-state index contributed by atoms with van der Waals surface area (Å²) in [7, 11) is 1.40. The van der Waals surface area contributed by atoms with Crippen LogP contribution in [0.4, 0.5) is 0 Å². The van der Waals surface area contributed by atoms with Crippen LogP contribution in [0.5, 0.6) is 0 Å². The Morgan fingerprint density at radius 3 is 2.93 bits per heavy atom. The second kappa shape index (κ2) is 8.03. The number of hydrogen-bond donors (Lipinski definition) is 1. The molecule has 144 valence electrons. The van der Waals surface area contributed by atoms with Crippen LogP contribution in [0.25, 0.3) is 17.0 Å². The van der Waals surface area contributed by atoms with Crippen LogP contribution in [-0.2, 0) is 28.9 Å². The van der Waals surface area contributed by atoms with Crippen LogP contribution in [0.2, 0.25) is 0 Å². The molecule has 28 heavy (non-hydrogen) atoms. The summed E-state index contributed by atoms with van der Waals surface area (Å²) in [6, 6.07) is 15.0. The largest absolute Gasteiger partial charge is 0.466 e. The second-order valence-electron chi connectivity index (χ2n) is 7.43. The molecule has 1 aliphatic heterocycles. The highest BCUT2D eigenvalue weighted by atomic mass is 16.5. The summed E-state index contributed by atoms with van der Waals surface area (Å²) < 4.78 is 4.67. The number of aromatic amines is 1. The number of carbonyl (C=O) groups is 1. The predicted molar refractivity (Wildman–Crippen MR) is 113 cm³/mol. The van der Waals surface area contributed by atoms with Crippen LogP contribution in [0.15, 0.2) is 48.5 Å². The van der Waals surface area contributed by atoms with Gasteiger partial charge in [-0.05, 0) is 54.2 Å². The van der Waals surface area contributed by atoms with E-state index in [4.69, 9.17) is 0 Å². The summed E-state index contributed by atoms with van der Waals surface area (Å²) in [6.45, 7) is 5.26. The molecular weight excluding hydrogens is 348 g/mol. The van der Waals surface area contributed by atoms with E-state index in [0.29, 0.717) is 0 Å². The van der Waals surface area contributed by atoms with Crippen LogP contribution >= 0.6 is 0 Å². The lowest BCUT2D eigenvalue weighted by atomic mass is 9.96. The molecule has 0 amide bonds. The number of H-pyrrole nitrogens is 1. The van der Waals surface area contributed by atoms with Crippen molar-refractivity contribution in [2.45, 2.75) is 26.3 Å². The molecule has 3 aromatic rings. The van der Waals surface area contributed by atoms with Crippen molar-refractivity contribution in [1.82, 2.24) is 9.88 Å². The van der Waals surface area contributed by atoms with Crippen molar-refractivity contribution < 1.29 is 9.53 Å². The molecule has 0 atom stereocenters. The summed E-state index contributed by atoms with van der Waals surface area (Å²) in [5.41, 5.74) is 7.73. The van der Waals surface area contributed by atoms with Gasteiger partial charge in [-0.1, -0.05) is 36.4 Å². The van der Waals surface area contributed by atoms with E-state index >= 15 is 0 Å². The molecule has 2 aromatic carbocycles. The van der Waals surface area contributed by atoms with Gasteiger partial charge in [-0.3, -0.25) is 4.90 Å². The number of hydrogen-bond acceptors (Lipinski definition) is 3. The third-order valence-electron chi connectivity index (χ3n) is 5.64. The lowest BCUT2D eigenvalue weighted by molar-refractivity contribution is -0.134. The first-order valence-corrected chi connectivity index (χ1v) is 9.80. The number of ether oxygens (including phenoxy) is 1. The molecule has 0 saturated carbocycles. The van der Waals surface area contributed by atoms with E-state index in [2.05, 4.69) is 64.0 Å². The summed E-state index contributed by atoms with van der Waals surface area (Å²) in [5.74, 6) is -0.326. The predicted octanol–water partition coefficient (Wildman–Crippen LogP) is 4.26. The van der Waals surface area contributed by atoms with E-state index < -0.39 is 0 Å². The van der Waals surface area contributed by atoms with Gasteiger partial charge in [0.15, 0.2) is 0 Å². The molecule has 2 heterocycles. The summed E-state index contributed by atoms with van der Waals surface area (Å²) in [6.07, 6.45) is 5.42. The fourth-order valence-electron chi connectivity index (χ4n) is 4.09. The van der Waals surface area contributed by atoms with E-state index in [1.807, 2.05) is 6.08 Å². The number of rotatable bonds is 5. The number of para-hydroxylation sites is 1. The lowest BCUT2D eigenvalue weighted by Crippen LogP contribution is -2.32. The average molecular weight is 374 g/mol. The minimum atomic E-state index is -0.326. The number of fused-ring (bicyclic) bond motifs is 2. The van der Waals surface area contributed by atoms with Crippen molar-refractivity contribution in [1.29, 1.82) is 0 Å². The fourth-order valence-corrected chi connectivity index (χ4v) is 4.09. The van der Waals surface area contributed by atoms with Crippen molar-refractivity contribution in [3.63, 3.8) is 0 Å². The monoisotopic (exact) mass is 374 g/mol.